The minimum atomic E-state index is -0.145. The number of hydrogen-bond acceptors (Lipinski definition) is 4. The Labute approximate surface area is 126 Å². The lowest BCUT2D eigenvalue weighted by atomic mass is 10.2. The Balaban J connectivity index is 1.60. The van der Waals surface area contributed by atoms with Crippen LogP contribution in [0.4, 0.5) is 0 Å². The van der Waals surface area contributed by atoms with Gasteiger partial charge in [0.1, 0.15) is 11.6 Å². The highest BCUT2D eigenvalue weighted by molar-refractivity contribution is 7.13. The molecule has 3 nitrogen and oxygen atoms in total. The van der Waals surface area contributed by atoms with E-state index in [2.05, 4.69) is 12.1 Å². The number of fused-ring (bicyclic) bond motifs is 1. The molecule has 21 heavy (non-hydrogen) atoms. The Bertz CT molecular complexity index is 754. The monoisotopic (exact) mass is 295 g/mol. The van der Waals surface area contributed by atoms with Crippen LogP contribution >= 0.6 is 11.3 Å². The summed E-state index contributed by atoms with van der Waals surface area (Å²) in [4.78, 5) is 4.69. The van der Waals surface area contributed by atoms with Gasteiger partial charge in [-0.2, -0.15) is 0 Å². The summed E-state index contributed by atoms with van der Waals surface area (Å²) in [7, 11) is 0. The molecule has 1 aliphatic rings. The van der Waals surface area contributed by atoms with Gasteiger partial charge in [0, 0.05) is 10.9 Å². The Morgan fingerprint density at radius 1 is 0.952 bits per heavy atom. The molecule has 0 fully saturated rings. The summed E-state index contributed by atoms with van der Waals surface area (Å²) in [6, 6.07) is 17.9. The molecule has 4 heteroatoms. The van der Waals surface area contributed by atoms with Crippen molar-refractivity contribution in [2.75, 3.05) is 6.61 Å². The minimum absolute atomic E-state index is 0.145. The molecule has 0 bridgehead atoms. The highest BCUT2D eigenvalue weighted by Gasteiger charge is 2.24. The molecule has 0 spiro atoms. The Kier molecular flexibility index (Phi) is 3.09. The van der Waals surface area contributed by atoms with Crippen LogP contribution in [0, 0.1) is 0 Å². The number of rotatable bonds is 2. The van der Waals surface area contributed by atoms with Crippen molar-refractivity contribution < 1.29 is 9.47 Å². The van der Waals surface area contributed by atoms with Gasteiger partial charge in [-0.25, -0.2) is 4.98 Å². The van der Waals surface area contributed by atoms with Crippen LogP contribution in [-0.4, -0.2) is 11.6 Å². The van der Waals surface area contributed by atoms with Gasteiger partial charge in [-0.1, -0.05) is 42.5 Å². The summed E-state index contributed by atoms with van der Waals surface area (Å²) < 4.78 is 11.7. The van der Waals surface area contributed by atoms with Gasteiger partial charge in [-0.05, 0) is 12.1 Å². The van der Waals surface area contributed by atoms with Gasteiger partial charge in [-0.3, -0.25) is 0 Å². The maximum absolute atomic E-state index is 5.99. The van der Waals surface area contributed by atoms with E-state index in [0.717, 1.165) is 27.8 Å². The van der Waals surface area contributed by atoms with Crippen molar-refractivity contribution in [3.05, 3.63) is 65.7 Å². The lowest BCUT2D eigenvalue weighted by Gasteiger charge is -2.25. The van der Waals surface area contributed by atoms with Crippen LogP contribution in [-0.2, 0) is 0 Å². The van der Waals surface area contributed by atoms with Crippen molar-refractivity contribution in [2.45, 2.75) is 6.10 Å². The van der Waals surface area contributed by atoms with E-state index in [0.29, 0.717) is 6.61 Å². The molecule has 1 aliphatic heterocycles. The zero-order valence-electron chi connectivity index (χ0n) is 11.2. The molecular weight excluding hydrogens is 282 g/mol. The van der Waals surface area contributed by atoms with E-state index in [1.54, 1.807) is 11.3 Å². The second-order valence-corrected chi connectivity index (χ2v) is 5.67. The largest absolute Gasteiger partial charge is 0.485 e. The molecule has 0 saturated carbocycles. The van der Waals surface area contributed by atoms with Gasteiger partial charge >= 0.3 is 0 Å². The van der Waals surface area contributed by atoms with Crippen molar-refractivity contribution in [2.24, 2.45) is 0 Å². The molecule has 1 atom stereocenters. The minimum Gasteiger partial charge on any atom is -0.485 e. The smallest absolute Gasteiger partial charge is 0.175 e. The van der Waals surface area contributed by atoms with Gasteiger partial charge < -0.3 is 9.47 Å². The van der Waals surface area contributed by atoms with Crippen LogP contribution in [0.2, 0.25) is 0 Å². The molecule has 104 valence electrons. The Hall–Kier alpha value is -2.33. The molecule has 4 rings (SSSR count). The fourth-order valence-corrected chi connectivity index (χ4v) is 3.18. The van der Waals surface area contributed by atoms with E-state index in [9.17, 15) is 0 Å². The summed E-state index contributed by atoms with van der Waals surface area (Å²) in [5, 5.41) is 3.05. The summed E-state index contributed by atoms with van der Waals surface area (Å²) in [6.45, 7) is 0.495. The standard InChI is InChI=1S/C17H13NO2S/c1-2-6-12(7-3-1)17-18-13(11-21-17)16-10-19-14-8-4-5-9-15(14)20-16/h1-9,11,16H,10H2/t16-/m0/s1. The van der Waals surface area contributed by atoms with E-state index in [-0.39, 0.29) is 6.10 Å². The van der Waals surface area contributed by atoms with Crippen molar-refractivity contribution in [3.8, 4) is 22.1 Å². The average Bonchev–Trinajstić information content (AvgIpc) is 3.05. The quantitative estimate of drug-likeness (QED) is 0.705. The number of ether oxygens (including phenoxy) is 2. The number of aromatic nitrogens is 1. The maximum Gasteiger partial charge on any atom is 0.175 e. The molecule has 0 N–H and O–H groups in total. The fourth-order valence-electron chi connectivity index (χ4n) is 2.31. The van der Waals surface area contributed by atoms with Crippen LogP contribution in [0.3, 0.4) is 0 Å². The Morgan fingerprint density at radius 3 is 2.57 bits per heavy atom. The highest BCUT2D eigenvalue weighted by atomic mass is 32.1. The summed E-state index contributed by atoms with van der Waals surface area (Å²) in [5.74, 6) is 1.58. The number of hydrogen-bond donors (Lipinski definition) is 0. The van der Waals surface area contributed by atoms with Gasteiger partial charge in [0.2, 0.25) is 0 Å². The molecule has 3 aromatic rings. The molecule has 0 saturated heterocycles. The first kappa shape index (κ1) is 12.4. The maximum atomic E-state index is 5.99. The van der Waals surface area contributed by atoms with E-state index in [1.165, 1.54) is 0 Å². The van der Waals surface area contributed by atoms with Crippen molar-refractivity contribution >= 4 is 11.3 Å². The zero-order valence-corrected chi connectivity index (χ0v) is 12.0. The molecule has 0 unspecified atom stereocenters. The van der Waals surface area contributed by atoms with Gasteiger partial charge in [0.05, 0.1) is 5.69 Å². The first-order valence-electron chi connectivity index (χ1n) is 6.79. The summed E-state index contributed by atoms with van der Waals surface area (Å²) >= 11 is 1.63. The molecular formula is C17H13NO2S. The van der Waals surface area contributed by atoms with E-state index in [1.807, 2.05) is 47.8 Å². The summed E-state index contributed by atoms with van der Waals surface area (Å²) in [5.41, 5.74) is 2.05. The van der Waals surface area contributed by atoms with Crippen LogP contribution < -0.4 is 9.47 Å². The molecule has 1 aromatic heterocycles. The average molecular weight is 295 g/mol. The third kappa shape index (κ3) is 2.38. The van der Waals surface area contributed by atoms with Crippen LogP contribution in [0.1, 0.15) is 11.8 Å². The Morgan fingerprint density at radius 2 is 1.71 bits per heavy atom. The highest BCUT2D eigenvalue weighted by Crippen LogP contribution is 2.36. The molecule has 2 aromatic carbocycles. The first-order valence-corrected chi connectivity index (χ1v) is 7.67. The predicted octanol–water partition coefficient (Wildman–Crippen LogP) is 4.32. The van der Waals surface area contributed by atoms with E-state index >= 15 is 0 Å². The first-order chi connectivity index (χ1) is 10.4. The topological polar surface area (TPSA) is 31.4 Å². The van der Waals surface area contributed by atoms with Gasteiger partial charge in [-0.15, -0.1) is 11.3 Å². The zero-order chi connectivity index (χ0) is 14.1. The number of benzene rings is 2. The van der Waals surface area contributed by atoms with Crippen LogP contribution in [0.5, 0.6) is 11.5 Å². The van der Waals surface area contributed by atoms with Gasteiger partial charge in [0.25, 0.3) is 0 Å². The fraction of sp³-hybridized carbons (Fsp3) is 0.118. The number of thiazole rings is 1. The third-order valence-electron chi connectivity index (χ3n) is 3.38. The number of para-hydroxylation sites is 2. The second kappa shape index (κ2) is 5.22. The predicted molar refractivity (Wildman–Crippen MR) is 82.9 cm³/mol. The molecule has 0 radical (unpaired) electrons. The van der Waals surface area contributed by atoms with Crippen LogP contribution in [0.25, 0.3) is 10.6 Å². The van der Waals surface area contributed by atoms with Gasteiger partial charge in [0.15, 0.2) is 17.6 Å². The molecule has 2 heterocycles. The van der Waals surface area contributed by atoms with Crippen molar-refractivity contribution in [1.82, 2.24) is 4.98 Å². The summed E-state index contributed by atoms with van der Waals surface area (Å²) in [6.07, 6.45) is -0.145. The van der Waals surface area contributed by atoms with Crippen molar-refractivity contribution in [1.29, 1.82) is 0 Å². The lowest BCUT2D eigenvalue weighted by molar-refractivity contribution is 0.0888. The third-order valence-corrected chi connectivity index (χ3v) is 4.29. The number of nitrogens with zero attached hydrogens (tertiary/aromatic N) is 1. The van der Waals surface area contributed by atoms with E-state index in [4.69, 9.17) is 14.5 Å². The lowest BCUT2D eigenvalue weighted by Crippen LogP contribution is -2.21. The molecule has 0 aliphatic carbocycles. The molecule has 0 amide bonds. The second-order valence-electron chi connectivity index (χ2n) is 4.81. The normalized spacial score (nSPS) is 16.7. The van der Waals surface area contributed by atoms with E-state index < -0.39 is 0 Å². The SMILES string of the molecule is c1ccc(-c2nc([C@@H]3COc4ccccc4O3)cs2)cc1. The van der Waals surface area contributed by atoms with Crippen molar-refractivity contribution in [3.63, 3.8) is 0 Å². The van der Waals surface area contributed by atoms with Crippen LogP contribution in [0.15, 0.2) is 60.0 Å².